The maximum absolute atomic E-state index is 13.1. The highest BCUT2D eigenvalue weighted by Gasteiger charge is 2.32. The lowest BCUT2D eigenvalue weighted by molar-refractivity contribution is 0.172. The SMILES string of the molecule is OCC1(Nc2nc3ccc(F)cn3n2)CCCCC1. The molecule has 5 nitrogen and oxygen atoms in total. The van der Waals surface area contributed by atoms with E-state index in [1.54, 1.807) is 6.07 Å². The standard InChI is InChI=1S/C13H17FN4O/c14-10-4-5-11-15-12(17-18(11)8-10)16-13(9-19)6-2-1-3-7-13/h4-5,8,19H,1-3,6-7,9H2,(H,16,17). The quantitative estimate of drug-likeness (QED) is 0.889. The number of anilines is 1. The first-order valence-electron chi connectivity index (χ1n) is 6.62. The molecule has 1 aliphatic carbocycles. The topological polar surface area (TPSA) is 62.5 Å². The van der Waals surface area contributed by atoms with Gasteiger partial charge in [-0.05, 0) is 25.0 Å². The Morgan fingerprint density at radius 3 is 2.84 bits per heavy atom. The van der Waals surface area contributed by atoms with Crippen LogP contribution in [0.5, 0.6) is 0 Å². The lowest BCUT2D eigenvalue weighted by atomic mass is 9.82. The second-order valence-electron chi connectivity index (χ2n) is 5.21. The van der Waals surface area contributed by atoms with Gasteiger partial charge in [0.05, 0.1) is 18.3 Å². The Morgan fingerprint density at radius 2 is 2.11 bits per heavy atom. The van der Waals surface area contributed by atoms with Crippen molar-refractivity contribution in [2.24, 2.45) is 0 Å². The van der Waals surface area contributed by atoms with Crippen molar-refractivity contribution in [2.75, 3.05) is 11.9 Å². The summed E-state index contributed by atoms with van der Waals surface area (Å²) >= 11 is 0. The predicted molar refractivity (Wildman–Crippen MR) is 69.5 cm³/mol. The lowest BCUT2D eigenvalue weighted by Gasteiger charge is -2.35. The minimum atomic E-state index is -0.349. The largest absolute Gasteiger partial charge is 0.394 e. The summed E-state index contributed by atoms with van der Waals surface area (Å²) in [6, 6.07) is 2.94. The molecule has 0 saturated heterocycles. The van der Waals surface area contributed by atoms with Crippen LogP contribution in [0.25, 0.3) is 5.65 Å². The van der Waals surface area contributed by atoms with E-state index in [9.17, 15) is 9.50 Å². The molecular formula is C13H17FN4O. The number of aromatic nitrogens is 3. The number of fused-ring (bicyclic) bond motifs is 1. The van der Waals surface area contributed by atoms with Gasteiger partial charge in [0.2, 0.25) is 5.95 Å². The lowest BCUT2D eigenvalue weighted by Crippen LogP contribution is -2.44. The van der Waals surface area contributed by atoms with Gasteiger partial charge in [-0.3, -0.25) is 0 Å². The molecule has 1 saturated carbocycles. The Bertz CT molecular complexity index is 577. The van der Waals surface area contributed by atoms with E-state index in [2.05, 4.69) is 15.4 Å². The van der Waals surface area contributed by atoms with E-state index in [1.807, 2.05) is 0 Å². The van der Waals surface area contributed by atoms with Crippen molar-refractivity contribution in [3.8, 4) is 0 Å². The average molecular weight is 264 g/mol. The first-order chi connectivity index (χ1) is 9.21. The molecule has 2 N–H and O–H groups in total. The number of aliphatic hydroxyl groups is 1. The van der Waals surface area contributed by atoms with Gasteiger partial charge in [0, 0.05) is 0 Å². The predicted octanol–water partition coefficient (Wildman–Crippen LogP) is 1.98. The zero-order valence-electron chi connectivity index (χ0n) is 10.6. The van der Waals surface area contributed by atoms with Crippen LogP contribution in [-0.2, 0) is 0 Å². The first kappa shape index (κ1) is 12.3. The van der Waals surface area contributed by atoms with E-state index in [1.165, 1.54) is 23.2 Å². The Labute approximate surface area is 110 Å². The molecule has 2 aromatic heterocycles. The van der Waals surface area contributed by atoms with Gasteiger partial charge in [-0.1, -0.05) is 19.3 Å². The van der Waals surface area contributed by atoms with Crippen molar-refractivity contribution in [2.45, 2.75) is 37.6 Å². The van der Waals surface area contributed by atoms with Gasteiger partial charge in [-0.25, -0.2) is 8.91 Å². The molecule has 0 amide bonds. The van der Waals surface area contributed by atoms with Gasteiger partial charge in [0.15, 0.2) is 5.65 Å². The third-order valence-corrected chi connectivity index (χ3v) is 3.79. The third kappa shape index (κ3) is 2.40. The van der Waals surface area contributed by atoms with Gasteiger partial charge in [-0.2, -0.15) is 4.98 Å². The Kier molecular flexibility index (Phi) is 3.10. The van der Waals surface area contributed by atoms with Crippen LogP contribution >= 0.6 is 0 Å². The van der Waals surface area contributed by atoms with Crippen LogP contribution < -0.4 is 5.32 Å². The average Bonchev–Trinajstić information content (AvgIpc) is 2.81. The molecule has 6 heteroatoms. The molecular weight excluding hydrogens is 247 g/mol. The fourth-order valence-electron chi connectivity index (χ4n) is 2.70. The third-order valence-electron chi connectivity index (χ3n) is 3.79. The number of halogens is 1. The van der Waals surface area contributed by atoms with Crippen molar-refractivity contribution in [3.63, 3.8) is 0 Å². The summed E-state index contributed by atoms with van der Waals surface area (Å²) in [5.74, 6) is 0.0973. The normalized spacial score (nSPS) is 18.6. The van der Waals surface area contributed by atoms with Crippen molar-refractivity contribution in [3.05, 3.63) is 24.1 Å². The summed E-state index contributed by atoms with van der Waals surface area (Å²) in [5.41, 5.74) is 0.259. The fraction of sp³-hybridized carbons (Fsp3) is 0.538. The molecule has 1 aliphatic rings. The van der Waals surface area contributed by atoms with Crippen molar-refractivity contribution >= 4 is 11.6 Å². The van der Waals surface area contributed by atoms with Crippen molar-refractivity contribution in [1.82, 2.24) is 14.6 Å². The molecule has 0 bridgehead atoms. The van der Waals surface area contributed by atoms with E-state index >= 15 is 0 Å². The summed E-state index contributed by atoms with van der Waals surface area (Å²) in [6.07, 6.45) is 6.50. The molecule has 3 rings (SSSR count). The molecule has 2 heterocycles. The Morgan fingerprint density at radius 1 is 1.32 bits per heavy atom. The van der Waals surface area contributed by atoms with Gasteiger partial charge in [0.25, 0.3) is 0 Å². The Balaban J connectivity index is 1.87. The van der Waals surface area contributed by atoms with E-state index in [-0.39, 0.29) is 18.0 Å². The maximum Gasteiger partial charge on any atom is 0.243 e. The highest BCUT2D eigenvalue weighted by atomic mass is 19.1. The van der Waals surface area contributed by atoms with E-state index in [4.69, 9.17) is 0 Å². The fourth-order valence-corrected chi connectivity index (χ4v) is 2.70. The number of hydrogen-bond acceptors (Lipinski definition) is 4. The number of rotatable bonds is 3. The van der Waals surface area contributed by atoms with Gasteiger partial charge in [-0.15, -0.1) is 5.10 Å². The molecule has 102 valence electrons. The number of aliphatic hydroxyl groups excluding tert-OH is 1. The van der Waals surface area contributed by atoms with Crippen LogP contribution in [0.15, 0.2) is 18.3 Å². The van der Waals surface area contributed by atoms with Crippen LogP contribution in [0.4, 0.5) is 10.3 Å². The van der Waals surface area contributed by atoms with Crippen LogP contribution in [0.3, 0.4) is 0 Å². The minimum absolute atomic E-state index is 0.0664. The molecule has 19 heavy (non-hydrogen) atoms. The summed E-state index contributed by atoms with van der Waals surface area (Å²) in [5, 5.41) is 17.1. The van der Waals surface area contributed by atoms with Gasteiger partial charge >= 0.3 is 0 Å². The zero-order valence-corrected chi connectivity index (χ0v) is 10.6. The highest BCUT2D eigenvalue weighted by Crippen LogP contribution is 2.30. The number of pyridine rings is 1. The molecule has 0 spiro atoms. The molecule has 0 atom stereocenters. The number of nitrogens with one attached hydrogen (secondary N) is 1. The van der Waals surface area contributed by atoms with E-state index < -0.39 is 0 Å². The smallest absolute Gasteiger partial charge is 0.243 e. The molecule has 0 radical (unpaired) electrons. The maximum atomic E-state index is 13.1. The zero-order chi connectivity index (χ0) is 13.3. The molecule has 2 aromatic rings. The Hall–Kier alpha value is -1.69. The summed E-state index contributed by atoms with van der Waals surface area (Å²) in [6.45, 7) is 0.0664. The van der Waals surface area contributed by atoms with Crippen LogP contribution in [0, 0.1) is 5.82 Å². The highest BCUT2D eigenvalue weighted by molar-refractivity contribution is 5.44. The van der Waals surface area contributed by atoms with Crippen LogP contribution in [0.1, 0.15) is 32.1 Å². The summed E-state index contributed by atoms with van der Waals surface area (Å²) in [4.78, 5) is 4.30. The first-order valence-corrected chi connectivity index (χ1v) is 6.62. The second-order valence-corrected chi connectivity index (χ2v) is 5.21. The second kappa shape index (κ2) is 4.77. The minimum Gasteiger partial charge on any atom is -0.394 e. The van der Waals surface area contributed by atoms with Crippen LogP contribution in [0.2, 0.25) is 0 Å². The molecule has 1 fully saturated rings. The van der Waals surface area contributed by atoms with E-state index in [0.29, 0.717) is 11.6 Å². The summed E-state index contributed by atoms with van der Waals surface area (Å²) in [7, 11) is 0. The van der Waals surface area contributed by atoms with Crippen LogP contribution in [-0.4, -0.2) is 31.9 Å². The van der Waals surface area contributed by atoms with Gasteiger partial charge in [0.1, 0.15) is 5.82 Å². The molecule has 0 unspecified atom stereocenters. The molecule has 0 aliphatic heterocycles. The van der Waals surface area contributed by atoms with Gasteiger partial charge < -0.3 is 10.4 Å². The van der Waals surface area contributed by atoms with E-state index in [0.717, 1.165) is 25.7 Å². The number of hydrogen-bond donors (Lipinski definition) is 2. The summed E-state index contributed by atoms with van der Waals surface area (Å²) < 4.78 is 14.5. The number of nitrogens with zero attached hydrogens (tertiary/aromatic N) is 3. The molecule has 0 aromatic carbocycles. The van der Waals surface area contributed by atoms with Crippen molar-refractivity contribution < 1.29 is 9.50 Å². The van der Waals surface area contributed by atoms with Crippen molar-refractivity contribution in [1.29, 1.82) is 0 Å². The monoisotopic (exact) mass is 264 g/mol.